The SMILES string of the molecule is CCOC(=O)C1=C(c2ccccc2)[C@](OO)(c2ccccc2)O[C@@]1(OC)O/N=C/c1ccc([N+](=O)[O-])cc1. The van der Waals surface area contributed by atoms with Gasteiger partial charge in [-0.1, -0.05) is 65.8 Å². The van der Waals surface area contributed by atoms with E-state index in [2.05, 4.69) is 5.16 Å². The zero-order valence-corrected chi connectivity index (χ0v) is 20.5. The molecule has 3 aromatic carbocycles. The van der Waals surface area contributed by atoms with Crippen LogP contribution < -0.4 is 0 Å². The normalized spacial score (nSPS) is 21.0. The second-order valence-corrected chi connectivity index (χ2v) is 7.95. The molecule has 0 unspecified atom stereocenters. The molecule has 4 rings (SSSR count). The Morgan fingerprint density at radius 1 is 1.05 bits per heavy atom. The first-order valence-corrected chi connectivity index (χ1v) is 11.5. The number of nitro groups is 1. The summed E-state index contributed by atoms with van der Waals surface area (Å²) in [6.45, 7) is 1.65. The van der Waals surface area contributed by atoms with Crippen molar-refractivity contribution in [1.29, 1.82) is 0 Å². The maximum absolute atomic E-state index is 13.4. The Bertz CT molecular complexity index is 1340. The molecule has 3 aromatic rings. The molecule has 0 amide bonds. The average Bonchev–Trinajstić information content (AvgIpc) is 3.26. The molecule has 0 aliphatic carbocycles. The lowest BCUT2D eigenvalue weighted by Crippen LogP contribution is -2.43. The number of rotatable bonds is 10. The number of hydrogen-bond acceptors (Lipinski definition) is 10. The van der Waals surface area contributed by atoms with Crippen LogP contribution in [0.25, 0.3) is 5.57 Å². The first-order valence-electron chi connectivity index (χ1n) is 11.5. The van der Waals surface area contributed by atoms with Gasteiger partial charge in [0.15, 0.2) is 5.57 Å². The van der Waals surface area contributed by atoms with Crippen LogP contribution >= 0.6 is 0 Å². The van der Waals surface area contributed by atoms with Crippen molar-refractivity contribution in [1.82, 2.24) is 0 Å². The number of carbonyl (C=O) groups is 1. The standard InChI is InChI=1S/C27H24N2O9/c1-3-35-25(30)24-23(20-10-6-4-7-11-20)26(38-33,21-12-8-5-9-13-21)36-27(24,34-2)37-28-18-19-14-16-22(17-15-19)29(31)32/h4-18,33H,3H2,1-2H3/b28-18+/t26-,27-/m1/s1. The zero-order chi connectivity index (χ0) is 27.2. The van der Waals surface area contributed by atoms with E-state index in [1.165, 1.54) is 37.6 Å². The largest absolute Gasteiger partial charge is 0.462 e. The third-order valence-electron chi connectivity index (χ3n) is 5.74. The minimum Gasteiger partial charge on any atom is -0.462 e. The number of methoxy groups -OCH3 is 1. The Morgan fingerprint density at radius 2 is 1.68 bits per heavy atom. The van der Waals surface area contributed by atoms with Gasteiger partial charge in [0.2, 0.25) is 0 Å². The van der Waals surface area contributed by atoms with Gasteiger partial charge in [-0.05, 0) is 30.2 Å². The van der Waals surface area contributed by atoms with Crippen molar-refractivity contribution in [3.63, 3.8) is 0 Å². The minimum absolute atomic E-state index is 0.0224. The molecule has 0 saturated carbocycles. The summed E-state index contributed by atoms with van der Waals surface area (Å²) < 4.78 is 17.1. The Hall–Kier alpha value is -4.42. The van der Waals surface area contributed by atoms with Crippen LogP contribution in [0.15, 0.2) is 95.7 Å². The molecule has 11 heteroatoms. The van der Waals surface area contributed by atoms with E-state index in [4.69, 9.17) is 23.9 Å². The molecule has 2 atom stereocenters. The third kappa shape index (κ3) is 4.91. The zero-order valence-electron chi connectivity index (χ0n) is 20.5. The number of esters is 1. The van der Waals surface area contributed by atoms with Crippen molar-refractivity contribution in [2.45, 2.75) is 18.7 Å². The highest BCUT2D eigenvalue weighted by atomic mass is 17.2. The number of carbonyl (C=O) groups excluding carboxylic acids is 1. The lowest BCUT2D eigenvalue weighted by Gasteiger charge is -2.32. The minimum atomic E-state index is -2.33. The van der Waals surface area contributed by atoms with E-state index in [0.29, 0.717) is 16.7 Å². The molecule has 0 saturated heterocycles. The number of nitro benzene ring substituents is 1. The Balaban J connectivity index is 1.88. The Morgan fingerprint density at radius 3 is 2.24 bits per heavy atom. The van der Waals surface area contributed by atoms with Gasteiger partial charge in [0, 0.05) is 30.4 Å². The van der Waals surface area contributed by atoms with Crippen LogP contribution in [0.2, 0.25) is 0 Å². The summed E-state index contributed by atoms with van der Waals surface area (Å²) in [5.74, 6) is -5.26. The van der Waals surface area contributed by atoms with Gasteiger partial charge < -0.3 is 14.3 Å². The second-order valence-electron chi connectivity index (χ2n) is 7.95. The maximum Gasteiger partial charge on any atom is 0.389 e. The van der Waals surface area contributed by atoms with Crippen molar-refractivity contribution in [3.8, 4) is 0 Å². The molecule has 1 N–H and O–H groups in total. The van der Waals surface area contributed by atoms with Gasteiger partial charge in [-0.3, -0.25) is 14.9 Å². The van der Waals surface area contributed by atoms with Gasteiger partial charge >= 0.3 is 11.9 Å². The van der Waals surface area contributed by atoms with Gasteiger partial charge in [0.05, 0.1) is 17.7 Å². The number of oxime groups is 1. The molecule has 0 aromatic heterocycles. The van der Waals surface area contributed by atoms with Crippen LogP contribution in [-0.2, 0) is 34.5 Å². The highest BCUT2D eigenvalue weighted by Crippen LogP contribution is 2.54. The Labute approximate surface area is 217 Å². The lowest BCUT2D eigenvalue weighted by atomic mass is 9.89. The van der Waals surface area contributed by atoms with Gasteiger partial charge in [0.25, 0.3) is 11.5 Å². The Kier molecular flexibility index (Phi) is 7.93. The first-order chi connectivity index (χ1) is 18.4. The van der Waals surface area contributed by atoms with E-state index in [0.717, 1.165) is 0 Å². The van der Waals surface area contributed by atoms with Crippen LogP contribution in [0, 0.1) is 10.1 Å². The van der Waals surface area contributed by atoms with E-state index in [-0.39, 0.29) is 23.4 Å². The van der Waals surface area contributed by atoms with Crippen molar-refractivity contribution in [2.75, 3.05) is 13.7 Å². The monoisotopic (exact) mass is 520 g/mol. The van der Waals surface area contributed by atoms with Crippen LogP contribution in [0.4, 0.5) is 5.69 Å². The van der Waals surface area contributed by atoms with E-state index < -0.39 is 22.7 Å². The molecular formula is C27H24N2O9. The smallest absolute Gasteiger partial charge is 0.389 e. The van der Waals surface area contributed by atoms with Crippen molar-refractivity contribution < 1.29 is 38.9 Å². The number of ether oxygens (including phenoxy) is 3. The summed E-state index contributed by atoms with van der Waals surface area (Å²) in [5.41, 5.74) is 0.977. The quantitative estimate of drug-likeness (QED) is 0.101. The fourth-order valence-electron chi connectivity index (χ4n) is 4.04. The number of non-ortho nitro benzene ring substituents is 1. The fraction of sp³-hybridized carbons (Fsp3) is 0.185. The van der Waals surface area contributed by atoms with E-state index >= 15 is 0 Å². The number of benzene rings is 3. The van der Waals surface area contributed by atoms with Gasteiger partial charge in [0.1, 0.15) is 0 Å². The molecule has 1 aliphatic rings. The molecule has 1 aliphatic heterocycles. The summed E-state index contributed by atoms with van der Waals surface area (Å²) in [5, 5.41) is 25.2. The fourth-order valence-corrected chi connectivity index (χ4v) is 4.04. The van der Waals surface area contributed by atoms with Crippen LogP contribution in [0.5, 0.6) is 0 Å². The lowest BCUT2D eigenvalue weighted by molar-refractivity contribution is -0.461. The second kappa shape index (κ2) is 11.3. The van der Waals surface area contributed by atoms with Crippen molar-refractivity contribution >= 4 is 23.4 Å². The van der Waals surface area contributed by atoms with Gasteiger partial charge in [-0.2, -0.15) is 4.89 Å². The third-order valence-corrected chi connectivity index (χ3v) is 5.74. The van der Waals surface area contributed by atoms with Crippen LogP contribution in [0.3, 0.4) is 0 Å². The van der Waals surface area contributed by atoms with Gasteiger partial charge in [-0.25, -0.2) is 10.1 Å². The number of nitrogens with zero attached hydrogens (tertiary/aromatic N) is 2. The van der Waals surface area contributed by atoms with Crippen molar-refractivity contribution in [3.05, 3.63) is 117 Å². The molecule has 0 fully saturated rings. The molecular weight excluding hydrogens is 496 g/mol. The topological polar surface area (TPSA) is 139 Å². The maximum atomic E-state index is 13.4. The van der Waals surface area contributed by atoms with Crippen LogP contribution in [0.1, 0.15) is 23.6 Å². The molecule has 0 bridgehead atoms. The van der Waals surface area contributed by atoms with Crippen LogP contribution in [-0.4, -0.2) is 42.1 Å². The molecule has 196 valence electrons. The summed E-state index contributed by atoms with van der Waals surface area (Å²) >= 11 is 0. The summed E-state index contributed by atoms with van der Waals surface area (Å²) in [6.07, 6.45) is 1.25. The number of hydrogen-bond donors (Lipinski definition) is 1. The highest BCUT2D eigenvalue weighted by molar-refractivity contribution is 6.02. The first kappa shape index (κ1) is 26.6. The molecule has 11 nitrogen and oxygen atoms in total. The van der Waals surface area contributed by atoms with E-state index in [1.54, 1.807) is 67.6 Å². The summed E-state index contributed by atoms with van der Waals surface area (Å²) in [6, 6.07) is 22.6. The predicted molar refractivity (Wildman–Crippen MR) is 134 cm³/mol. The molecule has 0 radical (unpaired) electrons. The summed E-state index contributed by atoms with van der Waals surface area (Å²) in [4.78, 5) is 34.5. The summed E-state index contributed by atoms with van der Waals surface area (Å²) in [7, 11) is 1.22. The average molecular weight is 520 g/mol. The highest BCUT2D eigenvalue weighted by Gasteiger charge is 2.64. The molecule has 0 spiro atoms. The van der Waals surface area contributed by atoms with Gasteiger partial charge in [-0.15, -0.1) is 0 Å². The van der Waals surface area contributed by atoms with Crippen molar-refractivity contribution in [2.24, 2.45) is 5.16 Å². The molecule has 38 heavy (non-hydrogen) atoms. The molecule has 1 heterocycles. The van der Waals surface area contributed by atoms with E-state index in [9.17, 15) is 20.2 Å². The predicted octanol–water partition coefficient (Wildman–Crippen LogP) is 4.64. The van der Waals surface area contributed by atoms with E-state index in [1.807, 2.05) is 0 Å².